The molecule has 2 aromatic carbocycles. The average molecular weight is 766 g/mol. The molecule has 0 unspecified atom stereocenters. The minimum Gasteiger partial charge on any atom is -0.478 e. The Morgan fingerprint density at radius 2 is 1.74 bits per heavy atom. The van der Waals surface area contributed by atoms with Crippen LogP contribution in [0, 0.1) is 12.7 Å². The quantitative estimate of drug-likeness (QED) is 0.140. The number of aryl methyl sites for hydroxylation is 1. The van der Waals surface area contributed by atoms with Gasteiger partial charge < -0.3 is 34.1 Å². The zero-order valence-corrected chi connectivity index (χ0v) is 33.0. The molecule has 0 radical (unpaired) electrons. The summed E-state index contributed by atoms with van der Waals surface area (Å²) >= 11 is 0. The van der Waals surface area contributed by atoms with E-state index in [9.17, 15) is 19.5 Å². The van der Waals surface area contributed by atoms with Crippen LogP contribution in [0.15, 0.2) is 60.9 Å². The van der Waals surface area contributed by atoms with E-state index in [0.717, 1.165) is 22.3 Å². The second-order valence-electron chi connectivity index (χ2n) is 15.5. The summed E-state index contributed by atoms with van der Waals surface area (Å²) in [4.78, 5) is 46.6. The van der Waals surface area contributed by atoms with E-state index in [0.29, 0.717) is 63.0 Å². The van der Waals surface area contributed by atoms with Crippen LogP contribution in [-0.2, 0) is 34.0 Å². The fraction of sp³-hybridized carbons (Fsp3) is 0.450. The summed E-state index contributed by atoms with van der Waals surface area (Å²) in [6.45, 7) is 10.6. The number of hydrogen-bond donors (Lipinski definition) is 2. The fourth-order valence-corrected chi connectivity index (χ4v) is 6.82. The Kier molecular flexibility index (Phi) is 12.9. The summed E-state index contributed by atoms with van der Waals surface area (Å²) in [6.07, 6.45) is 9.60. The Morgan fingerprint density at radius 1 is 1.00 bits per heavy atom. The molecule has 12 nitrogen and oxygen atoms in total. The lowest BCUT2D eigenvalue weighted by atomic mass is 10.0. The topological polar surface area (TPSA) is 135 Å². The van der Waals surface area contributed by atoms with Crippen LogP contribution in [0.2, 0.25) is 0 Å². The molecule has 0 saturated carbocycles. The molecule has 1 atom stereocenters. The summed E-state index contributed by atoms with van der Waals surface area (Å²) in [5.74, 6) is -0.447. The van der Waals surface area contributed by atoms with Crippen LogP contribution in [0.1, 0.15) is 47.8 Å². The number of alkyl carbamates (subject to hydrolysis) is 1. The monoisotopic (exact) mass is 765 g/mol. The Hall–Kier alpha value is -4.66. The van der Waals surface area contributed by atoms with E-state index in [1.54, 1.807) is 62.2 Å². The maximum atomic E-state index is 15.7. The first-order valence-electron chi connectivity index (χ1n) is 17.9. The SMILES string of the molecule is Cc1cn(COCCS(C)(C)C)c2nccc(Oc3ccc(C[C@H](NC(=O)OC(C)(C)C)C(=O)N4CCN(Cc5cccc(C(=O)O)c5)CC4)cc3F)c12. The van der Waals surface area contributed by atoms with Crippen LogP contribution in [0.25, 0.3) is 11.0 Å². The zero-order valence-electron chi connectivity index (χ0n) is 32.2. The molecule has 0 aliphatic carbocycles. The highest BCUT2D eigenvalue weighted by atomic mass is 32.3. The number of ether oxygens (including phenoxy) is 3. The van der Waals surface area contributed by atoms with Gasteiger partial charge in [-0.3, -0.25) is 9.69 Å². The van der Waals surface area contributed by atoms with Gasteiger partial charge >= 0.3 is 12.1 Å². The van der Waals surface area contributed by atoms with Crippen molar-refractivity contribution in [3.8, 4) is 11.5 Å². The number of hydrogen-bond acceptors (Lipinski definition) is 8. The highest BCUT2D eigenvalue weighted by molar-refractivity contribution is 8.32. The molecule has 2 N–H and O–H groups in total. The Bertz CT molecular complexity index is 1960. The summed E-state index contributed by atoms with van der Waals surface area (Å²) in [7, 11) is -0.670. The number of pyridine rings is 1. The number of nitrogens with zero attached hydrogens (tertiary/aromatic N) is 4. The lowest BCUT2D eigenvalue weighted by Gasteiger charge is -2.36. The molecule has 1 aliphatic rings. The van der Waals surface area contributed by atoms with Crippen molar-refractivity contribution in [1.29, 1.82) is 0 Å². The van der Waals surface area contributed by atoms with E-state index in [1.165, 1.54) is 12.1 Å². The van der Waals surface area contributed by atoms with Gasteiger partial charge in [0.25, 0.3) is 0 Å². The third-order valence-electron chi connectivity index (χ3n) is 8.89. The number of carboxylic acid groups (broad SMARTS) is 1. The minimum absolute atomic E-state index is 0.00999. The van der Waals surface area contributed by atoms with Crippen LogP contribution < -0.4 is 10.1 Å². The lowest BCUT2D eigenvalue weighted by Crippen LogP contribution is -2.55. The van der Waals surface area contributed by atoms with Crippen molar-refractivity contribution in [3.63, 3.8) is 0 Å². The molecule has 1 aliphatic heterocycles. The van der Waals surface area contributed by atoms with Gasteiger partial charge in [-0.05, 0) is 93.5 Å². The maximum Gasteiger partial charge on any atom is 0.408 e. The number of piperazine rings is 1. The highest BCUT2D eigenvalue weighted by Gasteiger charge is 2.31. The first kappa shape index (κ1) is 40.5. The number of aromatic nitrogens is 2. The van der Waals surface area contributed by atoms with Gasteiger partial charge in [-0.2, -0.15) is 0 Å². The maximum absolute atomic E-state index is 15.7. The first-order valence-corrected chi connectivity index (χ1v) is 21.0. The minimum atomic E-state index is -1.01. The van der Waals surface area contributed by atoms with Crippen molar-refractivity contribution in [2.45, 2.75) is 59.0 Å². The predicted octanol–water partition coefficient (Wildman–Crippen LogP) is 6.42. The number of aromatic carboxylic acids is 1. The number of halogens is 1. The number of carbonyl (C=O) groups excluding carboxylic acids is 2. The van der Waals surface area contributed by atoms with E-state index in [4.69, 9.17) is 14.2 Å². The van der Waals surface area contributed by atoms with Crippen molar-refractivity contribution >= 4 is 39.0 Å². The molecule has 3 heterocycles. The third-order valence-corrected chi connectivity index (χ3v) is 10.3. The number of benzene rings is 2. The second-order valence-corrected chi connectivity index (χ2v) is 20.1. The van der Waals surface area contributed by atoms with Crippen molar-refractivity contribution in [2.75, 3.05) is 57.3 Å². The zero-order chi connectivity index (χ0) is 39.2. The van der Waals surface area contributed by atoms with Gasteiger partial charge in [-0.1, -0.05) is 18.2 Å². The van der Waals surface area contributed by atoms with Crippen molar-refractivity contribution in [1.82, 2.24) is 24.7 Å². The van der Waals surface area contributed by atoms with Gasteiger partial charge in [-0.25, -0.2) is 29.0 Å². The average Bonchev–Trinajstić information content (AvgIpc) is 3.42. The summed E-state index contributed by atoms with van der Waals surface area (Å²) in [5.41, 5.74) is 2.38. The molecule has 54 heavy (non-hydrogen) atoms. The Balaban J connectivity index is 1.27. The molecule has 0 spiro atoms. The molecule has 1 saturated heterocycles. The number of rotatable bonds is 14. The van der Waals surface area contributed by atoms with Gasteiger partial charge in [0.15, 0.2) is 11.6 Å². The van der Waals surface area contributed by atoms with E-state index in [1.807, 2.05) is 23.8 Å². The van der Waals surface area contributed by atoms with E-state index < -0.39 is 39.6 Å². The predicted molar refractivity (Wildman–Crippen MR) is 209 cm³/mol. The van der Waals surface area contributed by atoms with Crippen molar-refractivity contribution in [3.05, 3.63) is 89.0 Å². The van der Waals surface area contributed by atoms with E-state index in [2.05, 4.69) is 34.0 Å². The third kappa shape index (κ3) is 11.2. The van der Waals surface area contributed by atoms with E-state index in [-0.39, 0.29) is 23.6 Å². The fourth-order valence-electron chi connectivity index (χ4n) is 6.20. The van der Waals surface area contributed by atoms with Gasteiger partial charge in [0, 0.05) is 57.3 Å². The summed E-state index contributed by atoms with van der Waals surface area (Å²) < 4.78 is 35.2. The molecule has 14 heteroatoms. The Labute approximate surface area is 317 Å². The molecule has 4 aromatic rings. The number of nitrogens with one attached hydrogen (secondary N) is 1. The number of fused-ring (bicyclic) bond motifs is 1. The molecule has 2 amide bonds. The van der Waals surface area contributed by atoms with Crippen LogP contribution in [-0.4, -0.2) is 111 Å². The van der Waals surface area contributed by atoms with Crippen LogP contribution in [0.4, 0.5) is 9.18 Å². The molecular weight excluding hydrogens is 714 g/mol. The smallest absolute Gasteiger partial charge is 0.408 e. The second kappa shape index (κ2) is 17.2. The van der Waals surface area contributed by atoms with E-state index >= 15 is 4.39 Å². The molecule has 0 bridgehead atoms. The van der Waals surface area contributed by atoms with Gasteiger partial charge in [0.2, 0.25) is 5.91 Å². The van der Waals surface area contributed by atoms with Crippen molar-refractivity contribution in [2.24, 2.45) is 0 Å². The summed E-state index contributed by atoms with van der Waals surface area (Å²) in [5, 5.41) is 12.8. The standard InChI is InChI=1S/C40H52FN5O7S/c1-27-24-46(26-51-19-20-54(5,6)7)36-35(27)34(13-14-42-36)52-33-12-11-28(22-31(33)41)23-32(43-39(50)53-40(2,3)4)37(47)45-17-15-44(16-18-45)25-29-9-8-10-30(21-29)38(48)49/h8-14,21-22,24,32H,15-20,23,25-26H2,1-7H3,(H,43,50)(H,48,49)/t32-/m0/s1. The molecule has 292 valence electrons. The largest absolute Gasteiger partial charge is 0.478 e. The number of carbonyl (C=O) groups is 3. The van der Waals surface area contributed by atoms with Crippen molar-refractivity contribution < 1.29 is 38.1 Å². The Morgan fingerprint density at radius 3 is 2.41 bits per heavy atom. The number of carboxylic acids is 1. The highest BCUT2D eigenvalue weighted by Crippen LogP contribution is 2.35. The van der Waals surface area contributed by atoms with Crippen LogP contribution in [0.3, 0.4) is 0 Å². The summed E-state index contributed by atoms with van der Waals surface area (Å²) in [6, 6.07) is 12.0. The molecule has 5 rings (SSSR count). The van der Waals surface area contributed by atoms with Gasteiger partial charge in [-0.15, -0.1) is 0 Å². The molecule has 1 fully saturated rings. The lowest BCUT2D eigenvalue weighted by molar-refractivity contribution is -0.135. The van der Waals surface area contributed by atoms with Crippen LogP contribution >= 0.6 is 10.0 Å². The number of amides is 2. The normalized spacial score (nSPS) is 14.9. The van der Waals surface area contributed by atoms with Crippen LogP contribution in [0.5, 0.6) is 11.5 Å². The first-order chi connectivity index (χ1) is 25.5. The van der Waals surface area contributed by atoms with Gasteiger partial charge in [0.1, 0.15) is 29.8 Å². The molecular formula is C40H52FN5O7S. The van der Waals surface area contributed by atoms with Gasteiger partial charge in [0.05, 0.1) is 17.6 Å². The molecule has 2 aromatic heterocycles.